The lowest BCUT2D eigenvalue weighted by atomic mass is 9.84. The summed E-state index contributed by atoms with van der Waals surface area (Å²) in [4.78, 5) is 191. The van der Waals surface area contributed by atoms with E-state index in [0.717, 1.165) is 27.1 Å². The minimum absolute atomic E-state index is 0.0216. The second-order valence-corrected chi connectivity index (χ2v) is 30.9. The number of hydrogen-bond donors (Lipinski definition) is 2. The molecule has 3 atom stereocenters. The number of ether oxygens (including phenoxy) is 16. The van der Waals surface area contributed by atoms with E-state index in [4.69, 9.17) is 48.1 Å². The number of methoxy groups -OCH3 is 8. The molecular weight excluding hydrogens is 1490 g/mol. The van der Waals surface area contributed by atoms with Crippen molar-refractivity contribution in [2.75, 3.05) is 103 Å². The number of aliphatic hydroxyl groups is 2. The van der Waals surface area contributed by atoms with Crippen LogP contribution in [0.5, 0.6) is 0 Å². The molecule has 2 N–H and O–H groups in total. The SMILES string of the molecule is C=C(C(=O)OC)C(C)(C)C(=O)OCC(C)(CCC)COC(=O)C(C)(C)C(=C)C(=O)OC.C=C(C(=O)OC)C(C)(C)C(=O)OCC(C)OC(=O)C(C)(C)C(=C)C(=O)OC.CC(O)CO.CCCC(C)(COC(=O)C(C)(C)C(=O)OC)COC(=O)C(C)(C)C(=O)OC.COC(=O)C(C)(C)C(=O)OCC(C)OC(=O)C(C)(C)C(=O)OC. The van der Waals surface area contributed by atoms with Gasteiger partial charge in [-0.25, -0.2) is 19.2 Å². The van der Waals surface area contributed by atoms with Crippen LogP contribution in [-0.2, 0) is 153 Å². The third-order valence-corrected chi connectivity index (χ3v) is 17.3. The predicted octanol–water partition coefficient (Wildman–Crippen LogP) is 7.86. The number of rotatable bonds is 39. The van der Waals surface area contributed by atoms with Gasteiger partial charge in [0.2, 0.25) is 0 Å². The van der Waals surface area contributed by atoms with Crippen LogP contribution in [0.15, 0.2) is 48.6 Å². The van der Waals surface area contributed by atoms with Crippen LogP contribution < -0.4 is 0 Å². The van der Waals surface area contributed by atoms with E-state index in [9.17, 15) is 76.7 Å². The van der Waals surface area contributed by atoms with Gasteiger partial charge < -0.3 is 86.0 Å². The molecule has 0 saturated carbocycles. The summed E-state index contributed by atoms with van der Waals surface area (Å²) in [5, 5.41) is 16.0. The third-order valence-electron chi connectivity index (χ3n) is 17.3. The van der Waals surface area contributed by atoms with Crippen molar-refractivity contribution < 1.29 is 163 Å². The zero-order valence-corrected chi connectivity index (χ0v) is 72.3. The van der Waals surface area contributed by atoms with E-state index in [1.165, 1.54) is 174 Å². The van der Waals surface area contributed by atoms with Gasteiger partial charge in [-0.1, -0.05) is 66.9 Å². The van der Waals surface area contributed by atoms with Gasteiger partial charge in [0.15, 0.2) is 21.7 Å². The largest absolute Gasteiger partial charge is 0.468 e. The number of carbonyl (C=O) groups is 16. The Hall–Kier alpha value is -9.60. The first-order valence-electron chi connectivity index (χ1n) is 35.5. The van der Waals surface area contributed by atoms with Crippen LogP contribution in [0, 0.1) is 54.1 Å². The summed E-state index contributed by atoms with van der Waals surface area (Å²) in [5.41, 5.74) is -12.5. The molecule has 0 spiro atoms. The Kier molecular flexibility index (Phi) is 48.7. The molecule has 0 amide bonds. The van der Waals surface area contributed by atoms with Crippen molar-refractivity contribution in [2.24, 2.45) is 54.1 Å². The first-order chi connectivity index (χ1) is 51.3. The maximum absolute atomic E-state index is 12.6. The van der Waals surface area contributed by atoms with Crippen LogP contribution >= 0.6 is 0 Å². The fraction of sp³-hybridized carbons (Fsp3) is 0.696. The zero-order chi connectivity index (χ0) is 90.4. The van der Waals surface area contributed by atoms with E-state index in [1.807, 2.05) is 20.8 Å². The molecule has 0 aromatic heterocycles. The van der Waals surface area contributed by atoms with Crippen LogP contribution in [0.1, 0.15) is 185 Å². The van der Waals surface area contributed by atoms with Crippen LogP contribution in [-0.4, -0.2) is 227 Å². The van der Waals surface area contributed by atoms with Gasteiger partial charge in [-0.15, -0.1) is 0 Å². The second-order valence-electron chi connectivity index (χ2n) is 30.9. The highest BCUT2D eigenvalue weighted by Crippen LogP contribution is 2.35. The van der Waals surface area contributed by atoms with Gasteiger partial charge in [-0.05, 0) is 144 Å². The maximum atomic E-state index is 12.6. The second kappa shape index (κ2) is 49.1. The van der Waals surface area contributed by atoms with Crippen molar-refractivity contribution in [1.29, 1.82) is 0 Å². The lowest BCUT2D eigenvalue weighted by molar-refractivity contribution is -0.179. The molecule has 0 aliphatic rings. The van der Waals surface area contributed by atoms with Crippen LogP contribution in [0.25, 0.3) is 0 Å². The Morgan fingerprint density at radius 2 is 0.451 bits per heavy atom. The molecule has 0 heterocycles. The molecule has 0 bridgehead atoms. The standard InChI is InChI=1S/C23H36O8.C19H28O8.C19H32O8.C15H24O8.C3H8O2/c1-11-12-23(8,13-30-19(26)21(4,5)15(2)17(24)28-9)14-31-20(27)22(6,7)16(3)18(25)29-10;1-11(27-17(23)19(6,7)13(3)15(21)25-9)10-26-16(22)18(4,5)12(2)14(20)24-8;1-9-10-19(6,11-26-15(22)17(2,3)13(20)24-7)12-27-16(23)18(4,5)14(21)25-8;1-9(23-13(19)15(4,5)11(17)21-7)8-22-12(18)14(2,3)10(16)20-6;1-3(5)2-4/h2-3,11-14H2,1,4-10H3;11H,2-3,10H2,1,4-9H3;9-12H2,1-8H3;9H,8H2,1-7H3;3-5H,2H2,1H3. The normalized spacial score (nSPS) is 12.4. The van der Waals surface area contributed by atoms with E-state index >= 15 is 0 Å². The lowest BCUT2D eigenvalue weighted by Crippen LogP contribution is -2.41. The molecule has 0 fully saturated rings. The highest BCUT2D eigenvalue weighted by molar-refractivity contribution is 6.02. The topological polar surface area (TPSA) is 461 Å². The molecule has 113 heavy (non-hydrogen) atoms. The molecular formula is C79H128O34. The van der Waals surface area contributed by atoms with Crippen molar-refractivity contribution in [1.82, 2.24) is 0 Å². The summed E-state index contributed by atoms with van der Waals surface area (Å²) in [6.45, 7) is 48.7. The summed E-state index contributed by atoms with van der Waals surface area (Å²) >= 11 is 0. The summed E-state index contributed by atoms with van der Waals surface area (Å²) in [7, 11) is 9.49. The number of carbonyl (C=O) groups excluding carboxylic acids is 16. The first-order valence-corrected chi connectivity index (χ1v) is 35.5. The van der Waals surface area contributed by atoms with Crippen molar-refractivity contribution in [2.45, 2.75) is 203 Å². The summed E-state index contributed by atoms with van der Waals surface area (Å²) < 4.78 is 78.6. The van der Waals surface area contributed by atoms with E-state index in [-0.39, 0.29) is 68.5 Å². The molecule has 0 aromatic rings. The summed E-state index contributed by atoms with van der Waals surface area (Å²) in [6, 6.07) is 0. The van der Waals surface area contributed by atoms with Crippen molar-refractivity contribution in [3.05, 3.63) is 48.6 Å². The van der Waals surface area contributed by atoms with Gasteiger partial charge >= 0.3 is 95.5 Å². The summed E-state index contributed by atoms with van der Waals surface area (Å²) in [5.74, 6) is -11.5. The first kappa shape index (κ1) is 112. The smallest absolute Gasteiger partial charge is 0.334 e. The molecule has 0 aliphatic carbocycles. The molecule has 648 valence electrons. The van der Waals surface area contributed by atoms with E-state index in [0.29, 0.717) is 12.8 Å². The van der Waals surface area contributed by atoms with E-state index in [2.05, 4.69) is 64.2 Å². The van der Waals surface area contributed by atoms with Crippen LogP contribution in [0.4, 0.5) is 0 Å². The van der Waals surface area contributed by atoms with Gasteiger partial charge in [0.1, 0.15) is 25.4 Å². The fourth-order valence-corrected chi connectivity index (χ4v) is 8.10. The fourth-order valence-electron chi connectivity index (χ4n) is 8.10. The minimum Gasteiger partial charge on any atom is -0.468 e. The van der Waals surface area contributed by atoms with Crippen LogP contribution in [0.3, 0.4) is 0 Å². The third kappa shape index (κ3) is 35.5. The maximum Gasteiger partial charge on any atom is 0.334 e. The molecule has 0 aromatic carbocycles. The Labute approximate surface area is 664 Å². The number of esters is 16. The Balaban J connectivity index is -0.000000451. The molecule has 0 saturated heterocycles. The average Bonchev–Trinajstić information content (AvgIpc) is 0.803. The van der Waals surface area contributed by atoms with Crippen LogP contribution in [0.2, 0.25) is 0 Å². The Bertz CT molecular complexity index is 3230. The molecule has 34 nitrogen and oxygen atoms in total. The zero-order valence-electron chi connectivity index (χ0n) is 72.3. The van der Waals surface area contributed by atoms with Gasteiger partial charge in [-0.3, -0.25) is 57.5 Å². The number of hydrogen-bond acceptors (Lipinski definition) is 34. The van der Waals surface area contributed by atoms with Crippen molar-refractivity contribution in [3.63, 3.8) is 0 Å². The molecule has 34 heteroatoms. The highest BCUT2D eigenvalue weighted by atomic mass is 16.6. The molecule has 0 aliphatic heterocycles. The molecule has 0 rings (SSSR count). The number of aliphatic hydroxyl groups excluding tert-OH is 2. The molecule has 3 unspecified atom stereocenters. The predicted molar refractivity (Wildman–Crippen MR) is 405 cm³/mol. The molecule has 0 radical (unpaired) electrons. The van der Waals surface area contributed by atoms with Gasteiger partial charge in [-0.2, -0.15) is 0 Å². The minimum atomic E-state index is -1.47. The summed E-state index contributed by atoms with van der Waals surface area (Å²) in [6.07, 6.45) is 0.552. The van der Waals surface area contributed by atoms with Crippen molar-refractivity contribution in [3.8, 4) is 0 Å². The van der Waals surface area contributed by atoms with Gasteiger partial charge in [0.05, 0.1) is 118 Å². The van der Waals surface area contributed by atoms with Gasteiger partial charge in [0.25, 0.3) is 0 Å². The van der Waals surface area contributed by atoms with Gasteiger partial charge in [0, 0.05) is 33.1 Å². The Morgan fingerprint density at radius 1 is 0.283 bits per heavy atom. The quantitative estimate of drug-likeness (QED) is 0.0256. The van der Waals surface area contributed by atoms with E-state index in [1.54, 1.807) is 6.92 Å². The Morgan fingerprint density at radius 3 is 0.637 bits per heavy atom. The lowest BCUT2D eigenvalue weighted by Gasteiger charge is -2.32. The highest BCUT2D eigenvalue weighted by Gasteiger charge is 2.47. The monoisotopic (exact) mass is 1620 g/mol. The van der Waals surface area contributed by atoms with E-state index < -0.39 is 168 Å². The van der Waals surface area contributed by atoms with Crippen molar-refractivity contribution >= 4 is 95.5 Å². The average molecular weight is 1620 g/mol.